The Morgan fingerprint density at radius 2 is 2.00 bits per heavy atom. The Balaban J connectivity index is 1.50. The van der Waals surface area contributed by atoms with Crippen LogP contribution in [0.15, 0.2) is 54.6 Å². The number of carbonyl (C=O) groups excluding carboxylic acids is 1. The second-order valence-electron chi connectivity index (χ2n) is 7.05. The SMILES string of the molecule is Nc1ccc(C2=CCN(C(=O)OCc3ccccc3)C3(COC3)C2)cc1O. The van der Waals surface area contributed by atoms with Crippen LogP contribution in [0, 0.1) is 0 Å². The maximum atomic E-state index is 12.7. The van der Waals surface area contributed by atoms with E-state index in [1.807, 2.05) is 42.5 Å². The fourth-order valence-corrected chi connectivity index (χ4v) is 3.54. The highest BCUT2D eigenvalue weighted by Crippen LogP contribution is 2.40. The van der Waals surface area contributed by atoms with Crippen molar-refractivity contribution < 1.29 is 19.4 Å². The summed E-state index contributed by atoms with van der Waals surface area (Å²) in [4.78, 5) is 14.4. The second-order valence-corrected chi connectivity index (χ2v) is 7.05. The van der Waals surface area contributed by atoms with E-state index in [4.69, 9.17) is 15.2 Å². The van der Waals surface area contributed by atoms with Crippen LogP contribution in [0.5, 0.6) is 5.75 Å². The molecule has 0 aromatic heterocycles. The van der Waals surface area contributed by atoms with Gasteiger partial charge in [-0.15, -0.1) is 0 Å². The Hall–Kier alpha value is -2.99. The maximum absolute atomic E-state index is 12.7. The van der Waals surface area contributed by atoms with Gasteiger partial charge in [-0.1, -0.05) is 42.5 Å². The van der Waals surface area contributed by atoms with Crippen LogP contribution < -0.4 is 5.73 Å². The quantitative estimate of drug-likeness (QED) is 0.644. The fourth-order valence-electron chi connectivity index (χ4n) is 3.54. The molecule has 1 spiro atoms. The number of benzene rings is 2. The highest BCUT2D eigenvalue weighted by molar-refractivity contribution is 5.76. The largest absolute Gasteiger partial charge is 0.506 e. The molecule has 27 heavy (non-hydrogen) atoms. The molecule has 0 aliphatic carbocycles. The third kappa shape index (κ3) is 3.36. The van der Waals surface area contributed by atoms with Gasteiger partial charge >= 0.3 is 6.09 Å². The van der Waals surface area contributed by atoms with Crippen LogP contribution in [0.1, 0.15) is 17.5 Å². The molecule has 6 nitrogen and oxygen atoms in total. The van der Waals surface area contributed by atoms with E-state index in [1.165, 1.54) is 0 Å². The molecule has 2 aliphatic heterocycles. The van der Waals surface area contributed by atoms with Crippen LogP contribution in [-0.4, -0.2) is 41.4 Å². The number of carbonyl (C=O) groups is 1. The molecule has 6 heteroatoms. The van der Waals surface area contributed by atoms with Crippen molar-refractivity contribution in [1.82, 2.24) is 4.90 Å². The van der Waals surface area contributed by atoms with E-state index in [-0.39, 0.29) is 18.4 Å². The Morgan fingerprint density at radius 3 is 2.67 bits per heavy atom. The minimum absolute atomic E-state index is 0.0667. The number of hydrogen-bond acceptors (Lipinski definition) is 5. The molecule has 140 valence electrons. The zero-order valence-corrected chi connectivity index (χ0v) is 14.9. The van der Waals surface area contributed by atoms with Gasteiger partial charge < -0.3 is 20.3 Å². The van der Waals surface area contributed by atoms with Crippen LogP contribution in [-0.2, 0) is 16.1 Å². The Bertz CT molecular complexity index is 875. The summed E-state index contributed by atoms with van der Waals surface area (Å²) in [6.07, 6.45) is 2.31. The fraction of sp³-hybridized carbons (Fsp3) is 0.286. The Labute approximate surface area is 157 Å². The van der Waals surface area contributed by atoms with E-state index < -0.39 is 5.54 Å². The molecule has 0 bridgehead atoms. The number of nitrogens with two attached hydrogens (primary N) is 1. The molecule has 2 aromatic carbocycles. The van der Waals surface area contributed by atoms with Crippen molar-refractivity contribution in [2.75, 3.05) is 25.5 Å². The predicted octanol–water partition coefficient (Wildman–Crippen LogP) is 3.17. The van der Waals surface area contributed by atoms with Crippen LogP contribution in [0.4, 0.5) is 10.5 Å². The number of amides is 1. The van der Waals surface area contributed by atoms with Crippen molar-refractivity contribution in [3.8, 4) is 5.75 Å². The molecular weight excluding hydrogens is 344 g/mol. The zero-order valence-electron chi connectivity index (χ0n) is 14.9. The van der Waals surface area contributed by atoms with Crippen LogP contribution in [0.3, 0.4) is 0 Å². The molecule has 3 N–H and O–H groups in total. The summed E-state index contributed by atoms with van der Waals surface area (Å²) in [6.45, 7) is 1.64. The summed E-state index contributed by atoms with van der Waals surface area (Å²) in [6, 6.07) is 14.9. The Kier molecular flexibility index (Phi) is 4.49. The lowest BCUT2D eigenvalue weighted by molar-refractivity contribution is -0.128. The molecule has 4 rings (SSSR count). The number of phenolic OH excluding ortho intramolecular Hbond substituents is 1. The lowest BCUT2D eigenvalue weighted by Crippen LogP contribution is -2.65. The van der Waals surface area contributed by atoms with Crippen molar-refractivity contribution in [3.63, 3.8) is 0 Å². The summed E-state index contributed by atoms with van der Waals surface area (Å²) in [5.41, 5.74) is 8.58. The first-order valence-electron chi connectivity index (χ1n) is 8.91. The molecule has 0 saturated carbocycles. The van der Waals surface area contributed by atoms with Crippen LogP contribution in [0.2, 0.25) is 0 Å². The third-order valence-electron chi connectivity index (χ3n) is 5.18. The van der Waals surface area contributed by atoms with Crippen molar-refractivity contribution in [2.24, 2.45) is 0 Å². The first-order valence-corrected chi connectivity index (χ1v) is 8.91. The van der Waals surface area contributed by atoms with Crippen molar-refractivity contribution in [3.05, 3.63) is 65.7 Å². The van der Waals surface area contributed by atoms with Gasteiger partial charge in [0.15, 0.2) is 0 Å². The molecule has 1 fully saturated rings. The lowest BCUT2D eigenvalue weighted by Gasteiger charge is -2.51. The number of anilines is 1. The van der Waals surface area contributed by atoms with Gasteiger partial charge in [0.1, 0.15) is 12.4 Å². The number of nitrogen functional groups attached to an aromatic ring is 1. The predicted molar refractivity (Wildman–Crippen MR) is 102 cm³/mol. The van der Waals surface area contributed by atoms with E-state index in [0.717, 1.165) is 16.7 Å². The van der Waals surface area contributed by atoms with E-state index >= 15 is 0 Å². The van der Waals surface area contributed by atoms with Gasteiger partial charge in [-0.05, 0) is 28.8 Å². The summed E-state index contributed by atoms with van der Waals surface area (Å²) in [5.74, 6) is 0.0667. The first-order chi connectivity index (χ1) is 13.1. The molecule has 2 aliphatic rings. The summed E-state index contributed by atoms with van der Waals surface area (Å²) in [5, 5.41) is 9.89. The van der Waals surface area contributed by atoms with Crippen molar-refractivity contribution in [2.45, 2.75) is 18.6 Å². The van der Waals surface area contributed by atoms with Gasteiger partial charge in [0.25, 0.3) is 0 Å². The number of rotatable bonds is 3. The monoisotopic (exact) mass is 366 g/mol. The standard InChI is InChI=1S/C21H22N2O4/c22-18-7-6-16(10-19(18)24)17-8-9-23(21(11-17)13-26-14-21)20(25)27-12-15-4-2-1-3-5-15/h1-8,10,24H,9,11-14,22H2. The van der Waals surface area contributed by atoms with Gasteiger partial charge in [0, 0.05) is 13.0 Å². The third-order valence-corrected chi connectivity index (χ3v) is 5.18. The van der Waals surface area contributed by atoms with Gasteiger partial charge in [0.2, 0.25) is 0 Å². The van der Waals surface area contributed by atoms with E-state index in [2.05, 4.69) is 0 Å². The minimum atomic E-state index is -0.394. The molecule has 1 amide bonds. The molecule has 2 aromatic rings. The van der Waals surface area contributed by atoms with E-state index in [1.54, 1.807) is 17.0 Å². The molecular formula is C21H22N2O4. The van der Waals surface area contributed by atoms with Gasteiger partial charge in [-0.3, -0.25) is 4.90 Å². The van der Waals surface area contributed by atoms with Crippen molar-refractivity contribution >= 4 is 17.4 Å². The van der Waals surface area contributed by atoms with Crippen LogP contribution >= 0.6 is 0 Å². The van der Waals surface area contributed by atoms with Gasteiger partial charge in [0.05, 0.1) is 24.4 Å². The van der Waals surface area contributed by atoms with E-state index in [9.17, 15) is 9.90 Å². The summed E-state index contributed by atoms with van der Waals surface area (Å²) < 4.78 is 11.0. The molecule has 0 radical (unpaired) electrons. The second kappa shape index (κ2) is 6.96. The van der Waals surface area contributed by atoms with E-state index in [0.29, 0.717) is 31.9 Å². The molecule has 1 saturated heterocycles. The maximum Gasteiger partial charge on any atom is 0.411 e. The zero-order chi connectivity index (χ0) is 18.9. The highest BCUT2D eigenvalue weighted by atomic mass is 16.6. The van der Waals surface area contributed by atoms with Crippen LogP contribution in [0.25, 0.3) is 5.57 Å². The number of nitrogens with zero attached hydrogens (tertiary/aromatic N) is 1. The molecule has 2 heterocycles. The average Bonchev–Trinajstić information content (AvgIpc) is 2.67. The van der Waals surface area contributed by atoms with Crippen molar-refractivity contribution in [1.29, 1.82) is 0 Å². The number of aromatic hydroxyl groups is 1. The van der Waals surface area contributed by atoms with Gasteiger partial charge in [-0.2, -0.15) is 0 Å². The topological polar surface area (TPSA) is 85.0 Å². The number of ether oxygens (including phenoxy) is 2. The first kappa shape index (κ1) is 17.4. The highest BCUT2D eigenvalue weighted by Gasteiger charge is 2.49. The van der Waals surface area contributed by atoms with Gasteiger partial charge in [-0.25, -0.2) is 4.79 Å². The number of hydrogen-bond donors (Lipinski definition) is 2. The minimum Gasteiger partial charge on any atom is -0.506 e. The summed E-state index contributed by atoms with van der Waals surface area (Å²) in [7, 11) is 0. The Morgan fingerprint density at radius 1 is 1.22 bits per heavy atom. The normalized spacial score (nSPS) is 17.9. The average molecular weight is 366 g/mol. The smallest absolute Gasteiger partial charge is 0.411 e. The summed E-state index contributed by atoms with van der Waals surface area (Å²) >= 11 is 0. The number of phenols is 1. The molecule has 0 atom stereocenters. The molecule has 0 unspecified atom stereocenters. The lowest BCUT2D eigenvalue weighted by atomic mass is 9.81.